The highest BCUT2D eigenvalue weighted by Crippen LogP contribution is 2.50. The van der Waals surface area contributed by atoms with E-state index in [1.807, 2.05) is 27.7 Å². The Kier molecular flexibility index (Phi) is 8.00. The first-order valence-corrected chi connectivity index (χ1v) is 12.9. The van der Waals surface area contributed by atoms with Gasteiger partial charge in [-0.25, -0.2) is 4.98 Å². The first-order chi connectivity index (χ1) is 17.7. The molecule has 2 aromatic rings. The SMILES string of the molecule is Cc1cncc(-c2ccc(NC(=O)C(NC(=O)/C(=C/C=N)NC(C)C)C(C3CC3)C3CC3)nc2F)c1C. The molecule has 2 aliphatic carbocycles. The Hall–Kier alpha value is -3.62. The summed E-state index contributed by atoms with van der Waals surface area (Å²) >= 11 is 0. The first-order valence-electron chi connectivity index (χ1n) is 12.9. The highest BCUT2D eigenvalue weighted by molar-refractivity contribution is 6.02. The summed E-state index contributed by atoms with van der Waals surface area (Å²) in [5.74, 6) is -0.711. The number of halogens is 1. The Morgan fingerprint density at radius 1 is 1.05 bits per heavy atom. The summed E-state index contributed by atoms with van der Waals surface area (Å²) in [5, 5.41) is 16.1. The second kappa shape index (κ2) is 11.2. The monoisotopic (exact) mass is 506 g/mol. The van der Waals surface area contributed by atoms with Crippen LogP contribution in [-0.2, 0) is 9.59 Å². The summed E-state index contributed by atoms with van der Waals surface area (Å²) in [6.07, 6.45) is 9.86. The van der Waals surface area contributed by atoms with Gasteiger partial charge in [-0.05, 0) is 100 Å². The second-order valence-corrected chi connectivity index (χ2v) is 10.4. The van der Waals surface area contributed by atoms with Crippen molar-refractivity contribution in [1.82, 2.24) is 20.6 Å². The molecule has 8 nitrogen and oxygen atoms in total. The summed E-state index contributed by atoms with van der Waals surface area (Å²) in [5.41, 5.74) is 3.05. The lowest BCUT2D eigenvalue weighted by atomic mass is 9.88. The number of carbonyl (C=O) groups is 2. The van der Waals surface area contributed by atoms with Crippen LogP contribution in [0.1, 0.15) is 50.7 Å². The van der Waals surface area contributed by atoms with E-state index in [0.717, 1.165) is 43.0 Å². The van der Waals surface area contributed by atoms with E-state index >= 15 is 4.39 Å². The van der Waals surface area contributed by atoms with Gasteiger partial charge in [0.25, 0.3) is 5.91 Å². The summed E-state index contributed by atoms with van der Waals surface area (Å²) in [4.78, 5) is 34.9. The number of hydrogen-bond donors (Lipinski definition) is 4. The largest absolute Gasteiger partial charge is 0.378 e. The highest BCUT2D eigenvalue weighted by Gasteiger charge is 2.48. The summed E-state index contributed by atoms with van der Waals surface area (Å²) in [6.45, 7) is 7.60. The standard InChI is InChI=1S/C28H35FN6O2/c1-15(2)32-22(11-12-30)27(36)35-25(24(18-5-6-18)19-7-8-19)28(37)34-23-10-9-20(26(29)33-23)21-14-31-13-16(3)17(21)4/h9-15,18-19,24-25,30,32H,5-8H2,1-4H3,(H,35,36)(H,33,34,37)/b22-11-,30-12?. The zero-order valence-corrected chi connectivity index (χ0v) is 21.8. The Morgan fingerprint density at radius 3 is 2.30 bits per heavy atom. The molecule has 1 unspecified atom stereocenters. The maximum atomic E-state index is 15.1. The van der Waals surface area contributed by atoms with Crippen LogP contribution < -0.4 is 16.0 Å². The molecule has 1 atom stereocenters. The van der Waals surface area contributed by atoms with E-state index in [1.165, 1.54) is 6.08 Å². The first kappa shape index (κ1) is 26.4. The van der Waals surface area contributed by atoms with E-state index in [2.05, 4.69) is 25.9 Å². The third kappa shape index (κ3) is 6.39. The number of carbonyl (C=O) groups excluding carboxylic acids is 2. The number of allylic oxidation sites excluding steroid dienone is 1. The van der Waals surface area contributed by atoms with Crippen LogP contribution in [0, 0.1) is 43.0 Å². The summed E-state index contributed by atoms with van der Waals surface area (Å²) < 4.78 is 15.1. The molecule has 0 radical (unpaired) electrons. The van der Waals surface area contributed by atoms with Gasteiger partial charge in [0.1, 0.15) is 17.6 Å². The summed E-state index contributed by atoms with van der Waals surface area (Å²) in [7, 11) is 0. The van der Waals surface area contributed by atoms with Gasteiger partial charge in [0.2, 0.25) is 11.9 Å². The third-order valence-electron chi connectivity index (χ3n) is 7.08. The average molecular weight is 507 g/mol. The molecule has 0 aliphatic heterocycles. The molecule has 4 rings (SSSR count). The molecule has 2 amide bonds. The van der Waals surface area contributed by atoms with E-state index in [-0.39, 0.29) is 23.5 Å². The molecule has 37 heavy (non-hydrogen) atoms. The van der Waals surface area contributed by atoms with Crippen LogP contribution in [-0.4, -0.2) is 40.1 Å². The van der Waals surface area contributed by atoms with Crippen molar-refractivity contribution in [2.45, 2.75) is 65.5 Å². The molecule has 0 saturated heterocycles. The molecule has 2 heterocycles. The summed E-state index contributed by atoms with van der Waals surface area (Å²) in [6, 6.07) is 2.35. The minimum absolute atomic E-state index is 0.00868. The zero-order chi connectivity index (χ0) is 26.7. The van der Waals surface area contributed by atoms with Crippen LogP contribution in [0.15, 0.2) is 36.3 Å². The van der Waals surface area contributed by atoms with E-state index in [1.54, 1.807) is 24.5 Å². The number of nitrogens with zero attached hydrogens (tertiary/aromatic N) is 2. The van der Waals surface area contributed by atoms with Gasteiger partial charge in [-0.3, -0.25) is 14.6 Å². The van der Waals surface area contributed by atoms with Gasteiger partial charge < -0.3 is 21.4 Å². The van der Waals surface area contributed by atoms with Gasteiger partial charge >= 0.3 is 0 Å². The van der Waals surface area contributed by atoms with Crippen LogP contribution in [0.4, 0.5) is 10.2 Å². The number of hydrogen-bond acceptors (Lipinski definition) is 6. The van der Waals surface area contributed by atoms with E-state index < -0.39 is 23.8 Å². The van der Waals surface area contributed by atoms with E-state index in [4.69, 9.17) is 5.41 Å². The Balaban J connectivity index is 1.57. The topological polar surface area (TPSA) is 120 Å². The van der Waals surface area contributed by atoms with Gasteiger partial charge in [-0.1, -0.05) is 0 Å². The quantitative estimate of drug-likeness (QED) is 0.206. The second-order valence-electron chi connectivity index (χ2n) is 10.4. The maximum absolute atomic E-state index is 15.1. The van der Waals surface area contributed by atoms with Crippen LogP contribution in [0.2, 0.25) is 0 Å². The lowest BCUT2D eigenvalue weighted by Gasteiger charge is -2.28. The molecule has 196 valence electrons. The van der Waals surface area contributed by atoms with Crippen molar-refractivity contribution in [2.75, 3.05) is 5.32 Å². The Bertz CT molecular complexity index is 1210. The van der Waals surface area contributed by atoms with Gasteiger partial charge in [0.15, 0.2) is 0 Å². The number of anilines is 1. The van der Waals surface area contributed by atoms with Crippen LogP contribution in [0.5, 0.6) is 0 Å². The Morgan fingerprint density at radius 2 is 1.73 bits per heavy atom. The molecule has 0 bridgehead atoms. The van der Waals surface area contributed by atoms with Crippen molar-refractivity contribution in [2.24, 2.45) is 17.8 Å². The maximum Gasteiger partial charge on any atom is 0.268 e. The Labute approximate surface area is 217 Å². The fourth-order valence-corrected chi connectivity index (χ4v) is 4.84. The minimum atomic E-state index is -0.789. The number of nitrogens with one attached hydrogen (secondary N) is 4. The molecule has 9 heteroatoms. The van der Waals surface area contributed by atoms with Crippen LogP contribution in [0.3, 0.4) is 0 Å². The van der Waals surface area contributed by atoms with Crippen molar-refractivity contribution in [3.05, 3.63) is 53.4 Å². The fraction of sp³-hybridized carbons (Fsp3) is 0.464. The van der Waals surface area contributed by atoms with Crippen molar-refractivity contribution in [3.8, 4) is 11.1 Å². The molecule has 2 saturated carbocycles. The molecule has 4 N–H and O–H groups in total. The van der Waals surface area contributed by atoms with Crippen molar-refractivity contribution in [1.29, 1.82) is 5.41 Å². The third-order valence-corrected chi connectivity index (χ3v) is 7.08. The molecule has 0 spiro atoms. The lowest BCUT2D eigenvalue weighted by Crippen LogP contribution is -2.51. The number of rotatable bonds is 11. The smallest absolute Gasteiger partial charge is 0.268 e. The lowest BCUT2D eigenvalue weighted by molar-refractivity contribution is -0.126. The average Bonchev–Trinajstić information content (AvgIpc) is 3.76. The molecule has 2 fully saturated rings. The van der Waals surface area contributed by atoms with Gasteiger partial charge in [-0.2, -0.15) is 4.39 Å². The zero-order valence-electron chi connectivity index (χ0n) is 21.8. The van der Waals surface area contributed by atoms with Gasteiger partial charge in [0, 0.05) is 35.8 Å². The highest BCUT2D eigenvalue weighted by atomic mass is 19.1. The number of pyridine rings is 2. The minimum Gasteiger partial charge on any atom is -0.378 e. The van der Waals surface area contributed by atoms with Crippen molar-refractivity contribution < 1.29 is 14.0 Å². The van der Waals surface area contributed by atoms with Crippen LogP contribution >= 0.6 is 0 Å². The van der Waals surface area contributed by atoms with Gasteiger partial charge in [0.05, 0.1) is 0 Å². The van der Waals surface area contributed by atoms with Crippen LogP contribution in [0.25, 0.3) is 11.1 Å². The number of aromatic nitrogens is 2. The molecular weight excluding hydrogens is 471 g/mol. The molecular formula is C28H35FN6O2. The number of aryl methyl sites for hydroxylation is 1. The molecule has 2 aliphatic rings. The molecule has 2 aromatic heterocycles. The number of amides is 2. The van der Waals surface area contributed by atoms with E-state index in [9.17, 15) is 9.59 Å². The van der Waals surface area contributed by atoms with E-state index in [0.29, 0.717) is 23.0 Å². The normalized spacial score (nSPS) is 16.5. The predicted octanol–water partition coefficient (Wildman–Crippen LogP) is 4.29. The van der Waals surface area contributed by atoms with Crippen molar-refractivity contribution >= 4 is 23.8 Å². The van der Waals surface area contributed by atoms with Gasteiger partial charge in [-0.15, -0.1) is 0 Å². The predicted molar refractivity (Wildman–Crippen MR) is 142 cm³/mol. The fourth-order valence-electron chi connectivity index (χ4n) is 4.84. The van der Waals surface area contributed by atoms with Crippen molar-refractivity contribution in [3.63, 3.8) is 0 Å². The molecule has 0 aromatic carbocycles.